The Hall–Kier alpha value is -1.95. The van der Waals surface area contributed by atoms with E-state index in [1.807, 2.05) is 0 Å². The molecule has 110 valence electrons. The maximum atomic E-state index is 11.2. The molecule has 5 nitrogen and oxygen atoms in total. The Morgan fingerprint density at radius 2 is 2.19 bits per heavy atom. The van der Waals surface area contributed by atoms with E-state index in [9.17, 15) is 4.79 Å². The van der Waals surface area contributed by atoms with Gasteiger partial charge in [-0.05, 0) is 18.9 Å². The van der Waals surface area contributed by atoms with Crippen molar-refractivity contribution in [1.29, 1.82) is 0 Å². The van der Waals surface area contributed by atoms with E-state index in [4.69, 9.17) is 5.73 Å². The number of rotatable bonds is 4. The fourth-order valence-corrected chi connectivity index (χ4v) is 3.68. The molecule has 0 unspecified atom stereocenters. The fourth-order valence-electron chi connectivity index (χ4n) is 2.73. The Labute approximate surface area is 127 Å². The summed E-state index contributed by atoms with van der Waals surface area (Å²) >= 11 is 1.34. The molecule has 1 saturated carbocycles. The summed E-state index contributed by atoms with van der Waals surface area (Å²) in [6.45, 7) is 0. The molecule has 1 aliphatic rings. The molecular formula is C15H18N4OS. The maximum absolute atomic E-state index is 11.2. The van der Waals surface area contributed by atoms with Gasteiger partial charge in [-0.2, -0.15) is 0 Å². The van der Waals surface area contributed by atoms with E-state index in [-0.39, 0.29) is 0 Å². The zero-order chi connectivity index (χ0) is 14.7. The zero-order valence-corrected chi connectivity index (χ0v) is 12.5. The van der Waals surface area contributed by atoms with Crippen LogP contribution in [-0.4, -0.2) is 23.7 Å². The van der Waals surface area contributed by atoms with Crippen LogP contribution in [0, 0.1) is 0 Å². The van der Waals surface area contributed by atoms with Gasteiger partial charge in [-0.15, -0.1) is 11.3 Å². The van der Waals surface area contributed by atoms with Crippen LogP contribution in [0.15, 0.2) is 17.3 Å². The number of aldehydes is 1. The van der Waals surface area contributed by atoms with Crippen molar-refractivity contribution in [2.24, 2.45) is 4.99 Å². The van der Waals surface area contributed by atoms with E-state index in [1.54, 1.807) is 18.6 Å². The topological polar surface area (TPSA) is 80.4 Å². The number of aliphatic imine (C=N–C) groups is 1. The highest BCUT2D eigenvalue weighted by Gasteiger charge is 2.15. The first-order valence-electron chi connectivity index (χ1n) is 7.20. The van der Waals surface area contributed by atoms with Crippen LogP contribution < -0.4 is 11.1 Å². The number of nitrogens with zero attached hydrogens (tertiary/aromatic N) is 2. The van der Waals surface area contributed by atoms with Crippen molar-refractivity contribution in [1.82, 2.24) is 4.98 Å². The number of nitrogens with one attached hydrogen (secondary N) is 1. The molecule has 6 heteroatoms. The molecule has 0 atom stereocenters. The third-order valence-corrected chi connectivity index (χ3v) is 4.85. The van der Waals surface area contributed by atoms with Crippen molar-refractivity contribution < 1.29 is 4.79 Å². The van der Waals surface area contributed by atoms with Gasteiger partial charge in [0.2, 0.25) is 0 Å². The number of aromatic nitrogens is 1. The lowest BCUT2D eigenvalue weighted by Gasteiger charge is -2.17. The van der Waals surface area contributed by atoms with Crippen molar-refractivity contribution in [3.63, 3.8) is 0 Å². The zero-order valence-electron chi connectivity index (χ0n) is 11.7. The highest BCUT2D eigenvalue weighted by molar-refractivity contribution is 7.21. The van der Waals surface area contributed by atoms with Crippen LogP contribution in [0.25, 0.3) is 10.2 Å². The van der Waals surface area contributed by atoms with Gasteiger partial charge in [0.25, 0.3) is 0 Å². The van der Waals surface area contributed by atoms with E-state index in [0.29, 0.717) is 16.6 Å². The number of nitrogens with two attached hydrogens (primary N) is 1. The minimum Gasteiger partial charge on any atom is -0.398 e. The van der Waals surface area contributed by atoms with E-state index < -0.39 is 0 Å². The number of pyridine rings is 1. The Bertz CT molecular complexity index is 674. The monoisotopic (exact) mass is 302 g/mol. The molecule has 0 saturated heterocycles. The average Bonchev–Trinajstić information content (AvgIpc) is 2.88. The molecule has 0 aromatic carbocycles. The summed E-state index contributed by atoms with van der Waals surface area (Å²) in [6, 6.07) is 2.14. The van der Waals surface area contributed by atoms with Gasteiger partial charge in [-0.3, -0.25) is 9.79 Å². The van der Waals surface area contributed by atoms with Crippen LogP contribution in [-0.2, 0) is 0 Å². The second kappa shape index (κ2) is 6.22. The van der Waals surface area contributed by atoms with Gasteiger partial charge in [0, 0.05) is 11.9 Å². The SMILES string of the molecule is Nc1ccnc2sc(C=O)c(NC=NC3CCCCC3)c12. The number of hydrogen-bond donors (Lipinski definition) is 2. The summed E-state index contributed by atoms with van der Waals surface area (Å²) < 4.78 is 0. The maximum Gasteiger partial charge on any atom is 0.162 e. The van der Waals surface area contributed by atoms with Crippen molar-refractivity contribution in [2.45, 2.75) is 38.1 Å². The van der Waals surface area contributed by atoms with Gasteiger partial charge in [-0.25, -0.2) is 4.98 Å². The smallest absolute Gasteiger partial charge is 0.162 e. The van der Waals surface area contributed by atoms with Crippen LogP contribution in [0.4, 0.5) is 11.4 Å². The summed E-state index contributed by atoms with van der Waals surface area (Å²) in [5.41, 5.74) is 7.35. The Kier molecular flexibility index (Phi) is 4.15. The van der Waals surface area contributed by atoms with E-state index in [1.165, 1.54) is 30.6 Å². The molecule has 0 amide bonds. The quantitative estimate of drug-likeness (QED) is 0.515. The standard InChI is InChI=1S/C15H18N4OS/c16-11-6-7-17-15-13(11)14(12(8-20)21-15)19-9-18-10-4-2-1-3-5-10/h6-10H,1-5H2,(H2,16,17)(H,18,19). The molecule has 1 fully saturated rings. The van der Waals surface area contributed by atoms with Crippen LogP contribution in [0.1, 0.15) is 41.8 Å². The van der Waals surface area contributed by atoms with Crippen molar-refractivity contribution >= 4 is 45.6 Å². The first-order chi connectivity index (χ1) is 10.3. The lowest BCUT2D eigenvalue weighted by Crippen LogP contribution is -2.11. The van der Waals surface area contributed by atoms with E-state index in [0.717, 1.165) is 35.0 Å². The Morgan fingerprint density at radius 1 is 1.38 bits per heavy atom. The summed E-state index contributed by atoms with van der Waals surface area (Å²) in [5.74, 6) is 0. The summed E-state index contributed by atoms with van der Waals surface area (Å²) in [4.78, 5) is 21.4. The Balaban J connectivity index is 1.85. The van der Waals surface area contributed by atoms with Crippen molar-refractivity contribution in [2.75, 3.05) is 11.1 Å². The molecule has 3 N–H and O–H groups in total. The largest absolute Gasteiger partial charge is 0.398 e. The van der Waals surface area contributed by atoms with Gasteiger partial charge in [0.15, 0.2) is 6.29 Å². The molecule has 0 aliphatic heterocycles. The fraction of sp³-hybridized carbons (Fsp3) is 0.400. The molecule has 0 bridgehead atoms. The molecule has 0 spiro atoms. The predicted molar refractivity (Wildman–Crippen MR) is 88.4 cm³/mol. The molecular weight excluding hydrogens is 284 g/mol. The third-order valence-electron chi connectivity index (χ3n) is 3.83. The number of fused-ring (bicyclic) bond motifs is 1. The van der Waals surface area contributed by atoms with Crippen LogP contribution in [0.5, 0.6) is 0 Å². The summed E-state index contributed by atoms with van der Waals surface area (Å²) in [7, 11) is 0. The van der Waals surface area contributed by atoms with E-state index >= 15 is 0 Å². The number of nitrogen functional groups attached to an aromatic ring is 1. The molecule has 1 aliphatic carbocycles. The minimum atomic E-state index is 0.395. The van der Waals surface area contributed by atoms with Gasteiger partial charge >= 0.3 is 0 Å². The molecule has 2 aromatic rings. The second-order valence-corrected chi connectivity index (χ2v) is 6.28. The number of carbonyl (C=O) groups excluding carboxylic acids is 1. The predicted octanol–water partition coefficient (Wildman–Crippen LogP) is 3.46. The van der Waals surface area contributed by atoms with Gasteiger partial charge in [0.1, 0.15) is 4.83 Å². The van der Waals surface area contributed by atoms with E-state index in [2.05, 4.69) is 15.3 Å². The van der Waals surface area contributed by atoms with Crippen molar-refractivity contribution in [3.05, 3.63) is 17.1 Å². The number of anilines is 2. The normalized spacial score (nSPS) is 16.6. The molecule has 0 radical (unpaired) electrons. The highest BCUT2D eigenvalue weighted by Crippen LogP contribution is 2.36. The molecule has 2 aromatic heterocycles. The highest BCUT2D eigenvalue weighted by atomic mass is 32.1. The van der Waals surface area contributed by atoms with Gasteiger partial charge in [0.05, 0.1) is 28.3 Å². The minimum absolute atomic E-state index is 0.395. The molecule has 3 rings (SSSR count). The number of hydrogen-bond acceptors (Lipinski definition) is 5. The lowest BCUT2D eigenvalue weighted by molar-refractivity contribution is 0.112. The van der Waals surface area contributed by atoms with Crippen molar-refractivity contribution in [3.8, 4) is 0 Å². The Morgan fingerprint density at radius 3 is 2.95 bits per heavy atom. The molecule has 2 heterocycles. The van der Waals surface area contributed by atoms with Crippen LogP contribution in [0.2, 0.25) is 0 Å². The number of thiophene rings is 1. The number of carbonyl (C=O) groups is 1. The van der Waals surface area contributed by atoms with Gasteiger partial charge < -0.3 is 11.1 Å². The second-order valence-electron chi connectivity index (χ2n) is 5.25. The van der Waals surface area contributed by atoms with Crippen LogP contribution >= 0.6 is 11.3 Å². The third kappa shape index (κ3) is 2.90. The van der Waals surface area contributed by atoms with Gasteiger partial charge in [-0.1, -0.05) is 19.3 Å². The molecule has 21 heavy (non-hydrogen) atoms. The first kappa shape index (κ1) is 14.0. The summed E-state index contributed by atoms with van der Waals surface area (Å²) in [6.07, 6.45) is 10.3. The lowest BCUT2D eigenvalue weighted by atomic mass is 9.96. The summed E-state index contributed by atoms with van der Waals surface area (Å²) in [5, 5.41) is 3.95. The first-order valence-corrected chi connectivity index (χ1v) is 8.01. The average molecular weight is 302 g/mol. The van der Waals surface area contributed by atoms with Crippen LogP contribution in [0.3, 0.4) is 0 Å².